The molecule has 0 spiro atoms. The summed E-state index contributed by atoms with van der Waals surface area (Å²) in [4.78, 5) is 16.4. The van der Waals surface area contributed by atoms with E-state index in [1.54, 1.807) is 20.3 Å². The van der Waals surface area contributed by atoms with E-state index in [1.807, 2.05) is 17.5 Å². The first-order valence-corrected chi connectivity index (χ1v) is 10.1. The Morgan fingerprint density at radius 1 is 1.10 bits per heavy atom. The second kappa shape index (κ2) is 9.71. The van der Waals surface area contributed by atoms with E-state index in [0.717, 1.165) is 10.6 Å². The molecule has 1 heterocycles. The van der Waals surface area contributed by atoms with E-state index in [-0.39, 0.29) is 13.2 Å². The summed E-state index contributed by atoms with van der Waals surface area (Å²) in [6, 6.07) is 9.46. The minimum Gasteiger partial charge on any atom is -0.493 e. The number of methoxy groups -OCH3 is 2. The Morgan fingerprint density at radius 3 is 2.59 bits per heavy atom. The second-order valence-corrected chi connectivity index (χ2v) is 7.45. The van der Waals surface area contributed by atoms with Crippen molar-refractivity contribution in [3.8, 4) is 27.8 Å². The maximum absolute atomic E-state index is 13.1. The molecule has 0 aliphatic carbocycles. The summed E-state index contributed by atoms with van der Waals surface area (Å²) < 4.78 is 34.5. The molecule has 0 aliphatic rings. The van der Waals surface area contributed by atoms with Gasteiger partial charge in [-0.2, -0.15) is 0 Å². The molecule has 0 fully saturated rings. The van der Waals surface area contributed by atoms with Gasteiger partial charge in [-0.05, 0) is 52.3 Å². The average molecular weight is 482 g/mol. The summed E-state index contributed by atoms with van der Waals surface area (Å²) in [7, 11) is 3.15. The lowest BCUT2D eigenvalue weighted by molar-refractivity contribution is -0.147. The molecule has 29 heavy (non-hydrogen) atoms. The standard InChI is InChI=1S/C20H17BrFNO5S/c1-25-17-5-3-12(7-18(17)26-2)20-23-14(11-29-20)9-28-19(24)10-27-16-6-4-13(22)8-15(16)21/h3-8,11H,9-10H2,1-2H3. The zero-order valence-corrected chi connectivity index (χ0v) is 18.0. The zero-order valence-electron chi connectivity index (χ0n) is 15.6. The van der Waals surface area contributed by atoms with Crippen LogP contribution in [0.25, 0.3) is 10.6 Å². The van der Waals surface area contributed by atoms with E-state index in [0.29, 0.717) is 27.4 Å². The summed E-state index contributed by atoms with van der Waals surface area (Å²) in [6.45, 7) is -0.270. The first-order valence-electron chi connectivity index (χ1n) is 8.40. The Bertz CT molecular complexity index is 1010. The lowest BCUT2D eigenvalue weighted by Gasteiger charge is -2.08. The largest absolute Gasteiger partial charge is 0.493 e. The van der Waals surface area contributed by atoms with Crippen molar-refractivity contribution < 1.29 is 28.1 Å². The summed E-state index contributed by atoms with van der Waals surface area (Å²) in [5.41, 5.74) is 1.49. The van der Waals surface area contributed by atoms with E-state index < -0.39 is 11.8 Å². The molecule has 9 heteroatoms. The highest BCUT2D eigenvalue weighted by molar-refractivity contribution is 9.10. The highest BCUT2D eigenvalue weighted by Gasteiger charge is 2.12. The van der Waals surface area contributed by atoms with E-state index in [4.69, 9.17) is 18.9 Å². The quantitative estimate of drug-likeness (QED) is 0.428. The molecule has 1 aromatic heterocycles. The van der Waals surface area contributed by atoms with Crippen LogP contribution < -0.4 is 14.2 Å². The second-order valence-electron chi connectivity index (χ2n) is 5.74. The smallest absolute Gasteiger partial charge is 0.344 e. The zero-order chi connectivity index (χ0) is 20.8. The predicted octanol–water partition coefficient (Wildman–Crippen LogP) is 4.85. The predicted molar refractivity (Wildman–Crippen MR) is 110 cm³/mol. The van der Waals surface area contributed by atoms with Crippen molar-refractivity contribution in [3.63, 3.8) is 0 Å². The van der Waals surface area contributed by atoms with Gasteiger partial charge in [0, 0.05) is 10.9 Å². The molecule has 3 rings (SSSR count). The van der Waals surface area contributed by atoms with Crippen LogP contribution in [0.1, 0.15) is 5.69 Å². The molecule has 152 valence electrons. The third-order valence-corrected chi connectivity index (χ3v) is 5.36. The van der Waals surface area contributed by atoms with Crippen LogP contribution in [0, 0.1) is 5.82 Å². The average Bonchev–Trinajstić information content (AvgIpc) is 3.20. The molecule has 0 aliphatic heterocycles. The van der Waals surface area contributed by atoms with E-state index in [1.165, 1.54) is 29.5 Å². The van der Waals surface area contributed by atoms with Crippen LogP contribution in [-0.2, 0) is 16.1 Å². The van der Waals surface area contributed by atoms with Gasteiger partial charge in [0.25, 0.3) is 0 Å². The lowest BCUT2D eigenvalue weighted by Crippen LogP contribution is -2.15. The molecule has 3 aromatic rings. The Hall–Kier alpha value is -2.65. The van der Waals surface area contributed by atoms with Gasteiger partial charge in [-0.15, -0.1) is 11.3 Å². The number of rotatable bonds is 8. The van der Waals surface area contributed by atoms with E-state index in [9.17, 15) is 9.18 Å². The molecule has 0 radical (unpaired) electrons. The van der Waals surface area contributed by atoms with Crippen LogP contribution >= 0.6 is 27.3 Å². The van der Waals surface area contributed by atoms with Crippen LogP contribution in [0.3, 0.4) is 0 Å². The fraction of sp³-hybridized carbons (Fsp3) is 0.200. The van der Waals surface area contributed by atoms with Crippen molar-refractivity contribution in [1.82, 2.24) is 4.98 Å². The van der Waals surface area contributed by atoms with Gasteiger partial charge in [0.15, 0.2) is 18.1 Å². The molecule has 0 atom stereocenters. The minimum absolute atomic E-state index is 0.0244. The molecule has 2 aromatic carbocycles. The fourth-order valence-corrected chi connectivity index (χ4v) is 3.67. The monoisotopic (exact) mass is 481 g/mol. The van der Waals surface area contributed by atoms with Gasteiger partial charge in [-0.3, -0.25) is 0 Å². The molecule has 0 unspecified atom stereocenters. The number of halogens is 2. The number of carbonyl (C=O) groups excluding carboxylic acids is 1. The topological polar surface area (TPSA) is 66.9 Å². The van der Waals surface area contributed by atoms with Crippen LogP contribution in [-0.4, -0.2) is 31.8 Å². The van der Waals surface area contributed by atoms with Crippen LogP contribution in [0.4, 0.5) is 4.39 Å². The minimum atomic E-state index is -0.554. The summed E-state index contributed by atoms with van der Waals surface area (Å²) in [5.74, 6) is 0.641. The van der Waals surface area contributed by atoms with Crippen LogP contribution in [0.5, 0.6) is 17.2 Å². The highest BCUT2D eigenvalue weighted by atomic mass is 79.9. The number of hydrogen-bond acceptors (Lipinski definition) is 7. The van der Waals surface area contributed by atoms with Gasteiger partial charge in [0.05, 0.1) is 24.4 Å². The first kappa shape index (κ1) is 21.1. The Balaban J connectivity index is 1.55. The molecular formula is C20H17BrFNO5S. The lowest BCUT2D eigenvalue weighted by atomic mass is 10.2. The molecule has 0 saturated heterocycles. The first-order chi connectivity index (χ1) is 14.0. The van der Waals surface area contributed by atoms with Crippen molar-refractivity contribution in [1.29, 1.82) is 0 Å². The Morgan fingerprint density at radius 2 is 1.86 bits per heavy atom. The van der Waals surface area contributed by atoms with Gasteiger partial charge in [0.2, 0.25) is 0 Å². The molecule has 0 amide bonds. The van der Waals surface area contributed by atoms with E-state index in [2.05, 4.69) is 20.9 Å². The van der Waals surface area contributed by atoms with Gasteiger partial charge in [-0.1, -0.05) is 0 Å². The van der Waals surface area contributed by atoms with Crippen LogP contribution in [0.2, 0.25) is 0 Å². The summed E-state index contributed by atoms with van der Waals surface area (Å²) >= 11 is 4.60. The summed E-state index contributed by atoms with van der Waals surface area (Å²) in [5, 5.41) is 2.58. The molecule has 6 nitrogen and oxygen atoms in total. The van der Waals surface area contributed by atoms with Gasteiger partial charge in [0.1, 0.15) is 23.2 Å². The Kier molecular flexibility index (Phi) is 7.05. The number of esters is 1. The highest BCUT2D eigenvalue weighted by Crippen LogP contribution is 2.33. The number of thiazole rings is 1. The molecule has 0 bridgehead atoms. The van der Waals surface area contributed by atoms with Gasteiger partial charge < -0.3 is 18.9 Å². The molecule has 0 saturated carbocycles. The normalized spacial score (nSPS) is 10.5. The van der Waals surface area contributed by atoms with Crippen molar-refractivity contribution in [3.05, 3.63) is 57.8 Å². The van der Waals surface area contributed by atoms with Crippen molar-refractivity contribution >= 4 is 33.2 Å². The third-order valence-electron chi connectivity index (χ3n) is 3.80. The molecule has 0 N–H and O–H groups in total. The Labute approximate surface area is 179 Å². The molecular weight excluding hydrogens is 465 g/mol. The maximum Gasteiger partial charge on any atom is 0.344 e. The maximum atomic E-state index is 13.1. The van der Waals surface area contributed by atoms with Crippen LogP contribution in [0.15, 0.2) is 46.3 Å². The van der Waals surface area contributed by atoms with Crippen molar-refractivity contribution in [2.75, 3.05) is 20.8 Å². The number of carbonyl (C=O) groups is 1. The summed E-state index contributed by atoms with van der Waals surface area (Å²) in [6.07, 6.45) is 0. The van der Waals surface area contributed by atoms with E-state index >= 15 is 0 Å². The number of nitrogens with zero attached hydrogens (tertiary/aromatic N) is 1. The number of aromatic nitrogens is 1. The fourth-order valence-electron chi connectivity index (χ4n) is 2.40. The van der Waals surface area contributed by atoms with Crippen molar-refractivity contribution in [2.24, 2.45) is 0 Å². The number of ether oxygens (including phenoxy) is 4. The number of hydrogen-bond donors (Lipinski definition) is 0. The SMILES string of the molecule is COc1ccc(-c2nc(COC(=O)COc3ccc(F)cc3Br)cs2)cc1OC. The van der Waals surface area contributed by atoms with Gasteiger partial charge in [-0.25, -0.2) is 14.2 Å². The third kappa shape index (κ3) is 5.45. The van der Waals surface area contributed by atoms with Gasteiger partial charge >= 0.3 is 5.97 Å². The van der Waals surface area contributed by atoms with Crippen molar-refractivity contribution in [2.45, 2.75) is 6.61 Å². The number of benzene rings is 2.